The Balaban J connectivity index is 1.42. The Morgan fingerprint density at radius 3 is 2.54 bits per heavy atom. The molecule has 1 N–H and O–H groups in total. The third kappa shape index (κ3) is 4.86. The van der Waals surface area contributed by atoms with Crippen LogP contribution in [0.5, 0.6) is 5.75 Å². The van der Waals surface area contributed by atoms with E-state index in [9.17, 15) is 14.4 Å². The Hall–Kier alpha value is -4.72. The van der Waals surface area contributed by atoms with Crippen LogP contribution < -0.4 is 15.0 Å². The first-order chi connectivity index (χ1) is 17.9. The van der Waals surface area contributed by atoms with Gasteiger partial charge >= 0.3 is 5.97 Å². The highest BCUT2D eigenvalue weighted by Gasteiger charge is 2.30. The van der Waals surface area contributed by atoms with Crippen LogP contribution in [-0.2, 0) is 14.3 Å². The number of aromatic nitrogens is 1. The Kier molecular flexibility index (Phi) is 6.55. The lowest BCUT2D eigenvalue weighted by Crippen LogP contribution is -2.41. The second-order valence-electron chi connectivity index (χ2n) is 8.76. The zero-order chi connectivity index (χ0) is 25.9. The highest BCUT2D eigenvalue weighted by Crippen LogP contribution is 2.32. The molecule has 0 aliphatic carbocycles. The molecule has 1 unspecified atom stereocenters. The number of carbonyl (C=O) groups excluding carboxylic acids is 3. The van der Waals surface area contributed by atoms with Gasteiger partial charge in [0, 0.05) is 23.4 Å². The van der Waals surface area contributed by atoms with E-state index in [-0.39, 0.29) is 12.3 Å². The van der Waals surface area contributed by atoms with Gasteiger partial charge in [0.25, 0.3) is 5.91 Å². The van der Waals surface area contributed by atoms with E-state index in [1.807, 2.05) is 42.5 Å². The molecule has 0 spiro atoms. The van der Waals surface area contributed by atoms with E-state index in [0.29, 0.717) is 39.3 Å². The molecule has 0 saturated heterocycles. The van der Waals surface area contributed by atoms with Crippen molar-refractivity contribution in [3.8, 4) is 17.0 Å². The van der Waals surface area contributed by atoms with Crippen LogP contribution in [0, 0.1) is 0 Å². The molecule has 37 heavy (non-hydrogen) atoms. The van der Waals surface area contributed by atoms with Crippen molar-refractivity contribution >= 4 is 40.1 Å². The van der Waals surface area contributed by atoms with Crippen molar-refractivity contribution in [2.45, 2.75) is 19.4 Å². The molecule has 1 aliphatic heterocycles. The van der Waals surface area contributed by atoms with E-state index in [0.717, 1.165) is 5.56 Å². The number of anilines is 2. The highest BCUT2D eigenvalue weighted by molar-refractivity contribution is 6.07. The molecular formula is C29H25N3O5. The van der Waals surface area contributed by atoms with Gasteiger partial charge in [0.1, 0.15) is 5.75 Å². The van der Waals surface area contributed by atoms with Crippen LogP contribution >= 0.6 is 0 Å². The van der Waals surface area contributed by atoms with Crippen molar-refractivity contribution in [2.75, 3.05) is 23.9 Å². The summed E-state index contributed by atoms with van der Waals surface area (Å²) in [7, 11) is 1.60. The maximum atomic E-state index is 13.3. The number of nitrogens with zero attached hydrogens (tertiary/aromatic N) is 2. The largest absolute Gasteiger partial charge is 0.497 e. The van der Waals surface area contributed by atoms with Gasteiger partial charge in [0.15, 0.2) is 6.61 Å². The van der Waals surface area contributed by atoms with Gasteiger partial charge < -0.3 is 19.7 Å². The molecule has 0 saturated carbocycles. The predicted molar refractivity (Wildman–Crippen MR) is 141 cm³/mol. The van der Waals surface area contributed by atoms with Crippen LogP contribution in [0.25, 0.3) is 22.2 Å². The van der Waals surface area contributed by atoms with Gasteiger partial charge in [-0.1, -0.05) is 30.3 Å². The van der Waals surface area contributed by atoms with Crippen LogP contribution in [0.3, 0.4) is 0 Å². The lowest BCUT2D eigenvalue weighted by atomic mass is 10.0. The van der Waals surface area contributed by atoms with Crippen LogP contribution in [0.4, 0.5) is 11.4 Å². The lowest BCUT2D eigenvalue weighted by molar-refractivity contribution is -0.122. The summed E-state index contributed by atoms with van der Waals surface area (Å²) in [6.07, 6.45) is 0.134. The molecule has 186 valence electrons. The molecular weight excluding hydrogens is 470 g/mol. The summed E-state index contributed by atoms with van der Waals surface area (Å²) in [6.45, 7) is 1.32. The number of amides is 2. The number of fused-ring (bicyclic) bond motifs is 2. The second-order valence-corrected chi connectivity index (χ2v) is 8.76. The van der Waals surface area contributed by atoms with Gasteiger partial charge in [-0.2, -0.15) is 0 Å². The topological polar surface area (TPSA) is 97.8 Å². The number of hydrogen-bond donors (Lipinski definition) is 1. The van der Waals surface area contributed by atoms with Crippen molar-refractivity contribution in [3.63, 3.8) is 0 Å². The van der Waals surface area contributed by atoms with E-state index in [1.54, 1.807) is 50.4 Å². The number of benzene rings is 3. The molecule has 0 radical (unpaired) electrons. The van der Waals surface area contributed by atoms with Crippen LogP contribution in [0.2, 0.25) is 0 Å². The van der Waals surface area contributed by atoms with Crippen molar-refractivity contribution < 1.29 is 23.9 Å². The lowest BCUT2D eigenvalue weighted by Gasteiger charge is -2.27. The Morgan fingerprint density at radius 2 is 1.76 bits per heavy atom. The Morgan fingerprint density at radius 1 is 1.03 bits per heavy atom. The molecule has 4 aromatic rings. The van der Waals surface area contributed by atoms with Gasteiger partial charge in [0.05, 0.1) is 35.3 Å². The smallest absolute Gasteiger partial charge is 0.339 e. The summed E-state index contributed by atoms with van der Waals surface area (Å²) in [6, 6.07) is 23.0. The molecule has 2 heterocycles. The summed E-state index contributed by atoms with van der Waals surface area (Å²) >= 11 is 0. The van der Waals surface area contributed by atoms with Gasteiger partial charge in [-0.15, -0.1) is 0 Å². The number of ether oxygens (including phenoxy) is 2. The van der Waals surface area contributed by atoms with E-state index < -0.39 is 24.5 Å². The second kappa shape index (κ2) is 10.1. The third-order valence-electron chi connectivity index (χ3n) is 6.28. The third-order valence-corrected chi connectivity index (χ3v) is 6.28. The van der Waals surface area contributed by atoms with Gasteiger partial charge in [-0.25, -0.2) is 9.78 Å². The minimum absolute atomic E-state index is 0.134. The number of esters is 1. The van der Waals surface area contributed by atoms with E-state index >= 15 is 0 Å². The van der Waals surface area contributed by atoms with Crippen molar-refractivity contribution in [3.05, 3.63) is 84.4 Å². The number of methoxy groups -OCH3 is 1. The SMILES string of the molecule is COc1ccc(-c2cc(C(=O)OCC(=O)N3c4ccccc4NC(=O)CC3C)c3ccccc3n2)cc1. The minimum atomic E-state index is -0.633. The first-order valence-electron chi connectivity index (χ1n) is 11.9. The average molecular weight is 496 g/mol. The number of pyridine rings is 1. The molecule has 5 rings (SSSR count). The quantitative estimate of drug-likeness (QED) is 0.398. The molecule has 8 heteroatoms. The molecule has 8 nitrogen and oxygen atoms in total. The number of para-hydroxylation sites is 3. The van der Waals surface area contributed by atoms with Crippen LogP contribution in [0.1, 0.15) is 23.7 Å². The van der Waals surface area contributed by atoms with Crippen molar-refractivity contribution in [1.82, 2.24) is 4.98 Å². The normalized spacial score (nSPS) is 14.9. The van der Waals surface area contributed by atoms with Crippen LogP contribution in [-0.4, -0.2) is 42.5 Å². The van der Waals surface area contributed by atoms with E-state index in [1.165, 1.54) is 4.90 Å². The molecule has 1 aliphatic rings. The summed E-state index contributed by atoms with van der Waals surface area (Å²) in [5.74, 6) is -0.518. The van der Waals surface area contributed by atoms with E-state index in [2.05, 4.69) is 5.32 Å². The standard InChI is InChI=1S/C29H25N3O5/c1-18-15-27(33)31-24-9-5-6-10-26(24)32(18)28(34)17-37-29(35)22-16-25(19-11-13-20(36-2)14-12-19)30-23-8-4-3-7-21(22)23/h3-14,16,18H,15,17H2,1-2H3,(H,31,33). The summed E-state index contributed by atoms with van der Waals surface area (Å²) in [4.78, 5) is 45.0. The summed E-state index contributed by atoms with van der Waals surface area (Å²) in [5.41, 5.74) is 3.46. The van der Waals surface area contributed by atoms with Gasteiger partial charge in [0.2, 0.25) is 5.91 Å². The van der Waals surface area contributed by atoms with E-state index in [4.69, 9.17) is 14.5 Å². The van der Waals surface area contributed by atoms with Crippen LogP contribution in [0.15, 0.2) is 78.9 Å². The number of rotatable bonds is 5. The zero-order valence-corrected chi connectivity index (χ0v) is 20.4. The molecule has 1 aromatic heterocycles. The molecule has 3 aromatic carbocycles. The fourth-order valence-corrected chi connectivity index (χ4v) is 4.50. The predicted octanol–water partition coefficient (Wildman–Crippen LogP) is 4.83. The molecule has 0 bridgehead atoms. The first kappa shape index (κ1) is 24.0. The number of hydrogen-bond acceptors (Lipinski definition) is 6. The fourth-order valence-electron chi connectivity index (χ4n) is 4.50. The maximum absolute atomic E-state index is 13.3. The highest BCUT2D eigenvalue weighted by atomic mass is 16.5. The molecule has 0 fully saturated rings. The fraction of sp³-hybridized carbons (Fsp3) is 0.172. The first-order valence-corrected chi connectivity index (χ1v) is 11.9. The number of carbonyl (C=O) groups is 3. The Labute approximate surface area is 213 Å². The number of nitrogens with one attached hydrogen (secondary N) is 1. The van der Waals surface area contributed by atoms with Crippen molar-refractivity contribution in [2.24, 2.45) is 0 Å². The molecule has 1 atom stereocenters. The monoisotopic (exact) mass is 495 g/mol. The molecule has 2 amide bonds. The minimum Gasteiger partial charge on any atom is -0.497 e. The maximum Gasteiger partial charge on any atom is 0.339 e. The Bertz CT molecular complexity index is 1500. The summed E-state index contributed by atoms with van der Waals surface area (Å²) in [5, 5.41) is 3.45. The summed E-state index contributed by atoms with van der Waals surface area (Å²) < 4.78 is 10.8. The van der Waals surface area contributed by atoms with Crippen molar-refractivity contribution in [1.29, 1.82) is 0 Å². The van der Waals surface area contributed by atoms with Gasteiger partial charge in [-0.3, -0.25) is 9.59 Å². The van der Waals surface area contributed by atoms with Gasteiger partial charge in [-0.05, 0) is 55.5 Å². The zero-order valence-electron chi connectivity index (χ0n) is 20.4. The average Bonchev–Trinajstić information content (AvgIpc) is 3.05.